The number of hydrogen-bond acceptors (Lipinski definition) is 6. The Bertz CT molecular complexity index is 1060. The third kappa shape index (κ3) is 5.52. The monoisotopic (exact) mass is 438 g/mol. The molecule has 0 saturated carbocycles. The lowest BCUT2D eigenvalue weighted by molar-refractivity contribution is 0.102. The molecule has 1 aromatic heterocycles. The van der Waals surface area contributed by atoms with Gasteiger partial charge in [-0.05, 0) is 42.3 Å². The van der Waals surface area contributed by atoms with E-state index in [1.807, 2.05) is 12.1 Å². The van der Waals surface area contributed by atoms with Crippen molar-refractivity contribution < 1.29 is 18.3 Å². The van der Waals surface area contributed by atoms with Gasteiger partial charge in [-0.15, -0.1) is 0 Å². The van der Waals surface area contributed by atoms with Crippen LogP contribution in [0.4, 0.5) is 10.1 Å². The molecule has 0 atom stereocenters. The van der Waals surface area contributed by atoms with Gasteiger partial charge in [0.1, 0.15) is 17.8 Å². The molecule has 1 saturated heterocycles. The molecule has 2 heterocycles. The number of aryl methyl sites for hydroxylation is 1. The lowest BCUT2D eigenvalue weighted by atomic mass is 10.2. The van der Waals surface area contributed by atoms with Crippen molar-refractivity contribution in [1.29, 1.82) is 0 Å². The number of halogens is 1. The van der Waals surface area contributed by atoms with E-state index in [1.165, 1.54) is 17.9 Å². The molecule has 0 spiro atoms. The molecule has 0 radical (unpaired) electrons. The fourth-order valence-electron chi connectivity index (χ4n) is 3.64. The molecule has 4 rings (SSSR count). The number of anilines is 1. The number of methoxy groups -OCH3 is 1. The Labute approximate surface area is 186 Å². The Hall–Kier alpha value is -3.23. The molecule has 0 unspecified atom stereocenters. The fourth-order valence-corrected chi connectivity index (χ4v) is 3.64. The van der Waals surface area contributed by atoms with Crippen molar-refractivity contribution in [1.82, 2.24) is 14.8 Å². The van der Waals surface area contributed by atoms with Crippen molar-refractivity contribution in [3.8, 4) is 5.75 Å². The van der Waals surface area contributed by atoms with Crippen LogP contribution < -0.4 is 10.1 Å². The minimum absolute atomic E-state index is 0.180. The van der Waals surface area contributed by atoms with E-state index in [9.17, 15) is 9.18 Å². The minimum atomic E-state index is -0.424. The first-order valence-electron chi connectivity index (χ1n) is 10.6. The van der Waals surface area contributed by atoms with Crippen molar-refractivity contribution >= 4 is 11.6 Å². The van der Waals surface area contributed by atoms with E-state index in [0.29, 0.717) is 23.7 Å². The average molecular weight is 439 g/mol. The zero-order valence-corrected chi connectivity index (χ0v) is 18.3. The summed E-state index contributed by atoms with van der Waals surface area (Å²) >= 11 is 0. The van der Waals surface area contributed by atoms with E-state index in [-0.39, 0.29) is 11.5 Å². The van der Waals surface area contributed by atoms with Crippen LogP contribution in [0.3, 0.4) is 0 Å². The fraction of sp³-hybridized carbons (Fsp3) is 0.333. The van der Waals surface area contributed by atoms with Gasteiger partial charge in [-0.1, -0.05) is 18.2 Å². The lowest BCUT2D eigenvalue weighted by Gasteiger charge is -2.34. The van der Waals surface area contributed by atoms with Gasteiger partial charge in [-0.25, -0.2) is 9.37 Å². The highest BCUT2D eigenvalue weighted by Crippen LogP contribution is 2.17. The summed E-state index contributed by atoms with van der Waals surface area (Å²) < 4.78 is 24.4. The molecular weight excluding hydrogens is 411 g/mol. The number of piperazine rings is 1. The number of carbonyl (C=O) groups excluding carboxylic acids is 1. The quantitative estimate of drug-likeness (QED) is 0.607. The predicted octanol–water partition coefficient (Wildman–Crippen LogP) is 3.70. The SMILES string of the molecule is COc1ccc(CN2CCN(Cc3nc(C(=O)Nc4ccc(C)c(F)c4)co3)CC2)cc1. The van der Waals surface area contributed by atoms with Crippen molar-refractivity contribution in [2.24, 2.45) is 0 Å². The molecule has 1 aliphatic heterocycles. The molecule has 0 bridgehead atoms. The lowest BCUT2D eigenvalue weighted by Crippen LogP contribution is -2.45. The Balaban J connectivity index is 1.25. The summed E-state index contributed by atoms with van der Waals surface area (Å²) in [6.07, 6.45) is 1.34. The largest absolute Gasteiger partial charge is 0.497 e. The second-order valence-corrected chi connectivity index (χ2v) is 7.94. The van der Waals surface area contributed by atoms with Gasteiger partial charge < -0.3 is 14.5 Å². The van der Waals surface area contributed by atoms with Gasteiger partial charge in [0.05, 0.1) is 13.7 Å². The van der Waals surface area contributed by atoms with Crippen LogP contribution in [0.2, 0.25) is 0 Å². The maximum atomic E-state index is 13.7. The number of rotatable bonds is 7. The van der Waals surface area contributed by atoms with Crippen LogP contribution in [0, 0.1) is 12.7 Å². The summed E-state index contributed by atoms with van der Waals surface area (Å²) in [6, 6.07) is 12.7. The maximum absolute atomic E-state index is 13.7. The van der Waals surface area contributed by atoms with Crippen molar-refractivity contribution in [2.75, 3.05) is 38.6 Å². The number of oxazole rings is 1. The molecule has 2 aromatic carbocycles. The Kier molecular flexibility index (Phi) is 6.82. The average Bonchev–Trinajstić information content (AvgIpc) is 3.27. The highest BCUT2D eigenvalue weighted by Gasteiger charge is 2.20. The van der Waals surface area contributed by atoms with E-state index < -0.39 is 5.91 Å². The topological polar surface area (TPSA) is 70.8 Å². The highest BCUT2D eigenvalue weighted by molar-refractivity contribution is 6.02. The van der Waals surface area contributed by atoms with Gasteiger partial charge in [-0.2, -0.15) is 0 Å². The number of amides is 1. The summed E-state index contributed by atoms with van der Waals surface area (Å²) in [6.45, 7) is 6.79. The normalized spacial score (nSPS) is 15.0. The number of ether oxygens (including phenoxy) is 1. The smallest absolute Gasteiger partial charge is 0.277 e. The first-order valence-corrected chi connectivity index (χ1v) is 10.6. The predicted molar refractivity (Wildman–Crippen MR) is 119 cm³/mol. The first-order chi connectivity index (χ1) is 15.5. The van der Waals surface area contributed by atoms with Crippen LogP contribution in [0.25, 0.3) is 0 Å². The van der Waals surface area contributed by atoms with E-state index in [1.54, 1.807) is 26.2 Å². The van der Waals surface area contributed by atoms with Crippen molar-refractivity contribution in [2.45, 2.75) is 20.0 Å². The van der Waals surface area contributed by atoms with Gasteiger partial charge >= 0.3 is 0 Å². The number of hydrogen-bond donors (Lipinski definition) is 1. The second-order valence-electron chi connectivity index (χ2n) is 7.94. The Morgan fingerprint density at radius 3 is 2.44 bits per heavy atom. The summed E-state index contributed by atoms with van der Waals surface area (Å²) in [4.78, 5) is 21.4. The van der Waals surface area contributed by atoms with Crippen LogP contribution in [0.15, 0.2) is 53.1 Å². The van der Waals surface area contributed by atoms with Crippen LogP contribution >= 0.6 is 0 Å². The third-order valence-corrected chi connectivity index (χ3v) is 5.60. The van der Waals surface area contributed by atoms with Gasteiger partial charge in [0.2, 0.25) is 5.89 Å². The second kappa shape index (κ2) is 9.93. The van der Waals surface area contributed by atoms with E-state index in [4.69, 9.17) is 9.15 Å². The molecule has 1 aliphatic rings. The molecule has 32 heavy (non-hydrogen) atoms. The molecule has 7 nitrogen and oxygen atoms in total. The first kappa shape index (κ1) is 22.0. The zero-order chi connectivity index (χ0) is 22.5. The number of benzene rings is 2. The van der Waals surface area contributed by atoms with Gasteiger partial charge in [0.25, 0.3) is 5.91 Å². The Morgan fingerprint density at radius 2 is 1.78 bits per heavy atom. The summed E-state index contributed by atoms with van der Waals surface area (Å²) in [5.74, 6) is 0.569. The maximum Gasteiger partial charge on any atom is 0.277 e. The van der Waals surface area contributed by atoms with E-state index in [0.717, 1.165) is 38.5 Å². The van der Waals surface area contributed by atoms with Crippen LogP contribution in [0.1, 0.15) is 27.5 Å². The summed E-state index contributed by atoms with van der Waals surface area (Å²) in [5.41, 5.74) is 2.35. The van der Waals surface area contributed by atoms with Crippen LogP contribution in [0.5, 0.6) is 5.75 Å². The number of nitrogens with one attached hydrogen (secondary N) is 1. The summed E-state index contributed by atoms with van der Waals surface area (Å²) in [7, 11) is 1.67. The third-order valence-electron chi connectivity index (χ3n) is 5.60. The van der Waals surface area contributed by atoms with Crippen molar-refractivity contribution in [3.05, 3.63) is 77.3 Å². The van der Waals surface area contributed by atoms with Gasteiger partial charge in [0.15, 0.2) is 5.69 Å². The minimum Gasteiger partial charge on any atom is -0.497 e. The molecule has 3 aromatic rings. The van der Waals surface area contributed by atoms with Crippen molar-refractivity contribution in [3.63, 3.8) is 0 Å². The molecule has 168 valence electrons. The Morgan fingerprint density at radius 1 is 1.09 bits per heavy atom. The van der Waals surface area contributed by atoms with Crippen LogP contribution in [-0.2, 0) is 13.1 Å². The molecule has 8 heteroatoms. The van der Waals surface area contributed by atoms with Gasteiger partial charge in [0, 0.05) is 38.4 Å². The zero-order valence-electron chi connectivity index (χ0n) is 18.3. The number of nitrogens with zero attached hydrogens (tertiary/aromatic N) is 3. The molecule has 1 amide bonds. The standard InChI is InChI=1S/C24H27FN4O3/c1-17-3-6-19(13-21(17)25)26-24(30)22-16-32-23(27-22)15-29-11-9-28(10-12-29)14-18-4-7-20(31-2)8-5-18/h3-8,13,16H,9-12,14-15H2,1-2H3,(H,26,30). The van der Waals surface area contributed by atoms with Crippen LogP contribution in [-0.4, -0.2) is 54.0 Å². The molecule has 1 N–H and O–H groups in total. The summed E-state index contributed by atoms with van der Waals surface area (Å²) in [5, 5.41) is 2.65. The molecule has 0 aliphatic carbocycles. The van der Waals surface area contributed by atoms with E-state index in [2.05, 4.69) is 32.2 Å². The van der Waals surface area contributed by atoms with Gasteiger partial charge in [-0.3, -0.25) is 14.6 Å². The molecule has 1 fully saturated rings. The number of aromatic nitrogens is 1. The van der Waals surface area contributed by atoms with E-state index >= 15 is 0 Å². The number of carbonyl (C=O) groups is 1. The molecular formula is C24H27FN4O3. The highest BCUT2D eigenvalue weighted by atomic mass is 19.1.